The van der Waals surface area contributed by atoms with Crippen LogP contribution in [0.3, 0.4) is 0 Å². The molecule has 0 spiro atoms. The van der Waals surface area contributed by atoms with Crippen molar-refractivity contribution in [3.05, 3.63) is 111 Å². The van der Waals surface area contributed by atoms with Gasteiger partial charge >= 0.3 is 5.69 Å². The molecule has 33 heavy (non-hydrogen) atoms. The highest BCUT2D eigenvalue weighted by Crippen LogP contribution is 2.14. The number of hydrogen-bond donors (Lipinski definition) is 1. The second-order valence-electron chi connectivity index (χ2n) is 8.22. The van der Waals surface area contributed by atoms with E-state index in [2.05, 4.69) is 5.32 Å². The highest BCUT2D eigenvalue weighted by atomic mass is 19.1. The number of carbonyl (C=O) groups excluding carboxylic acids is 1. The van der Waals surface area contributed by atoms with Crippen LogP contribution in [0.4, 0.5) is 4.39 Å². The van der Waals surface area contributed by atoms with E-state index >= 15 is 0 Å². The van der Waals surface area contributed by atoms with Gasteiger partial charge in [0.05, 0.1) is 29.6 Å². The van der Waals surface area contributed by atoms with Crippen LogP contribution in [-0.2, 0) is 17.8 Å². The van der Waals surface area contributed by atoms with Gasteiger partial charge in [-0.05, 0) is 61.4 Å². The van der Waals surface area contributed by atoms with Crippen LogP contribution in [0.5, 0.6) is 0 Å². The summed E-state index contributed by atoms with van der Waals surface area (Å²) in [6, 6.07) is 19.7. The van der Waals surface area contributed by atoms with Crippen molar-refractivity contribution < 1.29 is 9.18 Å². The molecule has 4 aromatic rings. The second-order valence-corrected chi connectivity index (χ2v) is 8.22. The van der Waals surface area contributed by atoms with Crippen LogP contribution in [0.2, 0.25) is 0 Å². The average molecular weight is 445 g/mol. The molecule has 0 unspecified atom stereocenters. The van der Waals surface area contributed by atoms with Gasteiger partial charge in [0.2, 0.25) is 5.91 Å². The first-order valence-electron chi connectivity index (χ1n) is 10.7. The molecule has 0 atom stereocenters. The number of carbonyl (C=O) groups is 1. The van der Waals surface area contributed by atoms with Crippen LogP contribution >= 0.6 is 0 Å². The summed E-state index contributed by atoms with van der Waals surface area (Å²) in [7, 11) is 0. The number of amides is 1. The summed E-state index contributed by atoms with van der Waals surface area (Å²) >= 11 is 0. The van der Waals surface area contributed by atoms with E-state index in [9.17, 15) is 18.8 Å². The number of aromatic nitrogens is 2. The van der Waals surface area contributed by atoms with E-state index in [1.54, 1.807) is 60.7 Å². The first-order chi connectivity index (χ1) is 15.8. The van der Waals surface area contributed by atoms with Gasteiger partial charge < -0.3 is 5.32 Å². The molecule has 0 saturated heterocycles. The first-order valence-corrected chi connectivity index (χ1v) is 10.7. The van der Waals surface area contributed by atoms with E-state index in [-0.39, 0.29) is 30.7 Å². The number of nitrogens with one attached hydrogen (secondary N) is 1. The summed E-state index contributed by atoms with van der Waals surface area (Å²) in [5.74, 6) is -0.453. The lowest BCUT2D eigenvalue weighted by Crippen LogP contribution is -2.39. The monoisotopic (exact) mass is 445 g/mol. The second kappa shape index (κ2) is 9.24. The number of para-hydroxylation sites is 1. The molecule has 4 rings (SSSR count). The Hall–Kier alpha value is -4.00. The molecule has 7 heteroatoms. The van der Waals surface area contributed by atoms with E-state index in [0.29, 0.717) is 16.6 Å². The molecule has 0 aliphatic carbocycles. The summed E-state index contributed by atoms with van der Waals surface area (Å²) in [4.78, 5) is 38.7. The molecule has 3 aromatic carbocycles. The zero-order valence-electron chi connectivity index (χ0n) is 18.4. The van der Waals surface area contributed by atoms with E-state index in [1.165, 1.54) is 16.7 Å². The number of rotatable bonds is 6. The Labute approximate surface area is 189 Å². The van der Waals surface area contributed by atoms with Gasteiger partial charge in [0.25, 0.3) is 5.56 Å². The Morgan fingerprint density at radius 2 is 1.55 bits per heavy atom. The quantitative estimate of drug-likeness (QED) is 0.494. The third kappa shape index (κ3) is 4.77. The third-order valence-corrected chi connectivity index (χ3v) is 5.31. The summed E-state index contributed by atoms with van der Waals surface area (Å²) in [5, 5.41) is 3.24. The van der Waals surface area contributed by atoms with Gasteiger partial charge in [-0.3, -0.25) is 14.2 Å². The molecule has 1 heterocycles. The molecule has 0 radical (unpaired) electrons. The summed E-state index contributed by atoms with van der Waals surface area (Å²) in [5.41, 5.74) is 1.52. The maximum atomic E-state index is 13.4. The molecule has 168 valence electrons. The minimum Gasteiger partial charge on any atom is -0.354 e. The summed E-state index contributed by atoms with van der Waals surface area (Å²) in [6.45, 7) is 3.97. The number of nitrogens with zero attached hydrogens (tertiary/aromatic N) is 2. The van der Waals surface area contributed by atoms with Gasteiger partial charge in [-0.25, -0.2) is 13.8 Å². The van der Waals surface area contributed by atoms with Crippen LogP contribution in [0, 0.1) is 5.82 Å². The lowest BCUT2D eigenvalue weighted by molar-refractivity contribution is -0.120. The molecule has 0 bridgehead atoms. The Kier molecular flexibility index (Phi) is 6.22. The maximum absolute atomic E-state index is 13.4. The zero-order chi connectivity index (χ0) is 23.5. The van der Waals surface area contributed by atoms with Crippen LogP contribution in [0.25, 0.3) is 16.6 Å². The Balaban J connectivity index is 1.78. The number of benzene rings is 3. The molecular formula is C26H24FN3O3. The first kappa shape index (κ1) is 22.2. The van der Waals surface area contributed by atoms with Crippen LogP contribution in [0.1, 0.15) is 25.0 Å². The number of hydrogen-bond acceptors (Lipinski definition) is 3. The molecule has 1 N–H and O–H groups in total. The molecule has 1 aromatic heterocycles. The Morgan fingerprint density at radius 1 is 0.909 bits per heavy atom. The molecule has 0 aliphatic rings. The van der Waals surface area contributed by atoms with Gasteiger partial charge in [0, 0.05) is 6.04 Å². The van der Waals surface area contributed by atoms with Gasteiger partial charge in [-0.15, -0.1) is 0 Å². The van der Waals surface area contributed by atoms with Crippen molar-refractivity contribution in [1.82, 2.24) is 14.5 Å². The number of halogens is 1. The average Bonchev–Trinajstić information content (AvgIpc) is 2.78. The summed E-state index contributed by atoms with van der Waals surface area (Å²) < 4.78 is 16.0. The maximum Gasteiger partial charge on any atom is 0.336 e. The van der Waals surface area contributed by atoms with Crippen molar-refractivity contribution in [3.63, 3.8) is 0 Å². The topological polar surface area (TPSA) is 73.1 Å². The molecule has 1 amide bonds. The molecular weight excluding hydrogens is 421 g/mol. The standard InChI is InChI=1S/C26H24FN3O3/c1-17(2)28-24(31)15-18-9-13-21(14-10-18)30-25(32)22-5-3-4-6-23(22)29(26(30)33)16-19-7-11-20(27)12-8-19/h3-14,17H,15-16H2,1-2H3,(H,28,31). The van der Waals surface area contributed by atoms with Gasteiger partial charge in [-0.1, -0.05) is 36.4 Å². The van der Waals surface area contributed by atoms with Gasteiger partial charge in [-0.2, -0.15) is 0 Å². The molecule has 6 nitrogen and oxygen atoms in total. The fourth-order valence-corrected chi connectivity index (χ4v) is 3.80. The fourth-order valence-electron chi connectivity index (χ4n) is 3.80. The minimum atomic E-state index is -0.492. The third-order valence-electron chi connectivity index (χ3n) is 5.31. The highest BCUT2D eigenvalue weighted by molar-refractivity contribution is 5.79. The summed E-state index contributed by atoms with van der Waals surface area (Å²) in [6.07, 6.45) is 0.208. The van der Waals surface area contributed by atoms with Gasteiger partial charge in [0.1, 0.15) is 5.82 Å². The van der Waals surface area contributed by atoms with Crippen LogP contribution in [0.15, 0.2) is 82.4 Å². The Morgan fingerprint density at radius 3 is 2.21 bits per heavy atom. The zero-order valence-corrected chi connectivity index (χ0v) is 18.4. The number of fused-ring (bicyclic) bond motifs is 1. The van der Waals surface area contributed by atoms with Crippen molar-refractivity contribution in [3.8, 4) is 5.69 Å². The lowest BCUT2D eigenvalue weighted by atomic mass is 10.1. The predicted octanol–water partition coefficient (Wildman–Crippen LogP) is 3.41. The molecule has 0 fully saturated rings. The van der Waals surface area contributed by atoms with Crippen molar-refractivity contribution in [1.29, 1.82) is 0 Å². The van der Waals surface area contributed by atoms with E-state index in [4.69, 9.17) is 0 Å². The lowest BCUT2D eigenvalue weighted by Gasteiger charge is -2.15. The van der Waals surface area contributed by atoms with E-state index < -0.39 is 11.2 Å². The minimum absolute atomic E-state index is 0.0486. The SMILES string of the molecule is CC(C)NC(=O)Cc1ccc(-n2c(=O)c3ccccc3n(Cc3ccc(F)cc3)c2=O)cc1. The Bertz CT molecular complexity index is 1420. The smallest absolute Gasteiger partial charge is 0.336 e. The van der Waals surface area contributed by atoms with E-state index in [0.717, 1.165) is 15.7 Å². The van der Waals surface area contributed by atoms with Gasteiger partial charge in [0.15, 0.2) is 0 Å². The molecule has 0 aliphatic heterocycles. The largest absolute Gasteiger partial charge is 0.354 e. The fraction of sp³-hybridized carbons (Fsp3) is 0.192. The van der Waals surface area contributed by atoms with Crippen LogP contribution < -0.4 is 16.6 Å². The predicted molar refractivity (Wildman–Crippen MR) is 126 cm³/mol. The van der Waals surface area contributed by atoms with Crippen molar-refractivity contribution in [2.24, 2.45) is 0 Å². The highest BCUT2D eigenvalue weighted by Gasteiger charge is 2.15. The van der Waals surface area contributed by atoms with Crippen molar-refractivity contribution >= 4 is 16.8 Å². The van der Waals surface area contributed by atoms with Crippen LogP contribution in [-0.4, -0.2) is 21.1 Å². The van der Waals surface area contributed by atoms with Crippen molar-refractivity contribution in [2.45, 2.75) is 32.9 Å². The molecule has 0 saturated carbocycles. The van der Waals surface area contributed by atoms with E-state index in [1.807, 2.05) is 13.8 Å². The normalized spacial score (nSPS) is 11.2. The van der Waals surface area contributed by atoms with Crippen molar-refractivity contribution in [2.75, 3.05) is 0 Å².